The van der Waals surface area contributed by atoms with Crippen LogP contribution in [0.2, 0.25) is 0 Å². The maximum absolute atomic E-state index is 4.24. The Balaban J connectivity index is 0.00000242. The van der Waals surface area contributed by atoms with Crippen LogP contribution in [0, 0.1) is 6.92 Å². The Bertz CT molecular complexity index is 587. The Kier molecular flexibility index (Phi) is 8.01. The van der Waals surface area contributed by atoms with Gasteiger partial charge in [-0.05, 0) is 30.5 Å². The molecule has 4 nitrogen and oxygen atoms in total. The Labute approximate surface area is 150 Å². The summed E-state index contributed by atoms with van der Waals surface area (Å²) in [4.78, 5) is 4.24. The summed E-state index contributed by atoms with van der Waals surface area (Å²) in [5, 5.41) is 6.66. The van der Waals surface area contributed by atoms with Gasteiger partial charge < -0.3 is 15.2 Å². The highest BCUT2D eigenvalue weighted by molar-refractivity contribution is 14.0. The van der Waals surface area contributed by atoms with Crippen molar-refractivity contribution in [3.8, 4) is 0 Å². The maximum Gasteiger partial charge on any atom is 0.191 e. The van der Waals surface area contributed by atoms with Crippen LogP contribution >= 0.6 is 24.0 Å². The van der Waals surface area contributed by atoms with E-state index >= 15 is 0 Å². The van der Waals surface area contributed by atoms with Crippen molar-refractivity contribution in [2.45, 2.75) is 19.9 Å². The largest absolute Gasteiger partial charge is 0.357 e. The molecule has 1 heterocycles. The van der Waals surface area contributed by atoms with Crippen LogP contribution in [0.5, 0.6) is 0 Å². The molecule has 0 unspecified atom stereocenters. The van der Waals surface area contributed by atoms with E-state index in [1.54, 1.807) is 7.05 Å². The molecule has 0 radical (unpaired) electrons. The van der Waals surface area contributed by atoms with Crippen LogP contribution in [-0.2, 0) is 20.0 Å². The van der Waals surface area contributed by atoms with E-state index in [0.29, 0.717) is 0 Å². The van der Waals surface area contributed by atoms with E-state index < -0.39 is 0 Å². The van der Waals surface area contributed by atoms with Crippen molar-refractivity contribution >= 4 is 29.9 Å². The molecule has 1 aromatic carbocycles. The Morgan fingerprint density at radius 2 is 1.82 bits per heavy atom. The molecule has 2 N–H and O–H groups in total. The van der Waals surface area contributed by atoms with Crippen molar-refractivity contribution in [3.63, 3.8) is 0 Å². The Morgan fingerprint density at radius 3 is 2.41 bits per heavy atom. The van der Waals surface area contributed by atoms with E-state index in [1.807, 2.05) is 17.8 Å². The fraction of sp³-hybridized carbons (Fsp3) is 0.353. The van der Waals surface area contributed by atoms with Gasteiger partial charge >= 0.3 is 0 Å². The van der Waals surface area contributed by atoms with E-state index in [0.717, 1.165) is 25.5 Å². The first-order valence-electron chi connectivity index (χ1n) is 7.28. The molecule has 0 saturated heterocycles. The van der Waals surface area contributed by atoms with Gasteiger partial charge in [0.2, 0.25) is 0 Å². The summed E-state index contributed by atoms with van der Waals surface area (Å²) in [5.74, 6) is 0.839. The topological polar surface area (TPSA) is 41.4 Å². The van der Waals surface area contributed by atoms with Crippen LogP contribution in [0.15, 0.2) is 47.7 Å². The summed E-state index contributed by atoms with van der Waals surface area (Å²) in [7, 11) is 3.82. The van der Waals surface area contributed by atoms with Crippen molar-refractivity contribution in [1.82, 2.24) is 15.2 Å². The normalized spacial score (nSPS) is 11.0. The third kappa shape index (κ3) is 6.09. The van der Waals surface area contributed by atoms with Gasteiger partial charge in [0.25, 0.3) is 0 Å². The molecule has 0 fully saturated rings. The number of halogens is 1. The second-order valence-corrected chi connectivity index (χ2v) is 5.27. The van der Waals surface area contributed by atoms with Crippen molar-refractivity contribution in [2.75, 3.05) is 13.6 Å². The molecular weight excluding hydrogens is 387 g/mol. The molecular formula is C17H25IN4. The molecule has 0 saturated carbocycles. The molecule has 0 atom stereocenters. The number of guanidine groups is 1. The number of nitrogens with zero attached hydrogens (tertiary/aromatic N) is 2. The van der Waals surface area contributed by atoms with E-state index in [4.69, 9.17) is 0 Å². The average Bonchev–Trinajstić information content (AvgIpc) is 2.90. The first-order chi connectivity index (χ1) is 10.2. The smallest absolute Gasteiger partial charge is 0.191 e. The summed E-state index contributed by atoms with van der Waals surface area (Å²) >= 11 is 0. The average molecular weight is 412 g/mol. The summed E-state index contributed by atoms with van der Waals surface area (Å²) in [6.45, 7) is 3.76. The fourth-order valence-electron chi connectivity index (χ4n) is 2.15. The van der Waals surface area contributed by atoms with Crippen LogP contribution in [0.25, 0.3) is 0 Å². The van der Waals surface area contributed by atoms with Crippen LogP contribution in [-0.4, -0.2) is 24.1 Å². The van der Waals surface area contributed by atoms with Crippen molar-refractivity contribution in [1.29, 1.82) is 0 Å². The molecule has 120 valence electrons. The lowest BCUT2D eigenvalue weighted by Gasteiger charge is -2.11. The molecule has 0 spiro atoms. The van der Waals surface area contributed by atoms with Gasteiger partial charge in [-0.2, -0.15) is 0 Å². The highest BCUT2D eigenvalue weighted by atomic mass is 127. The first-order valence-corrected chi connectivity index (χ1v) is 7.28. The minimum absolute atomic E-state index is 0. The number of aromatic nitrogens is 1. The number of benzene rings is 1. The molecule has 1 aromatic heterocycles. The van der Waals surface area contributed by atoms with Gasteiger partial charge in [-0.3, -0.25) is 4.99 Å². The minimum Gasteiger partial charge on any atom is -0.357 e. The van der Waals surface area contributed by atoms with Crippen molar-refractivity contribution in [3.05, 3.63) is 59.4 Å². The number of nitrogens with one attached hydrogen (secondary N) is 2. The number of hydrogen-bond acceptors (Lipinski definition) is 1. The second-order valence-electron chi connectivity index (χ2n) is 5.27. The van der Waals surface area contributed by atoms with Crippen molar-refractivity contribution in [2.24, 2.45) is 12.0 Å². The predicted molar refractivity (Wildman–Crippen MR) is 104 cm³/mol. The van der Waals surface area contributed by atoms with Crippen molar-refractivity contribution < 1.29 is 0 Å². The molecule has 0 aliphatic rings. The van der Waals surface area contributed by atoms with E-state index in [-0.39, 0.29) is 24.0 Å². The van der Waals surface area contributed by atoms with Gasteiger partial charge in [-0.1, -0.05) is 29.8 Å². The number of aliphatic imine (C=N–C) groups is 1. The molecule has 22 heavy (non-hydrogen) atoms. The molecule has 2 aromatic rings. The van der Waals surface area contributed by atoms with E-state index in [9.17, 15) is 0 Å². The zero-order valence-electron chi connectivity index (χ0n) is 13.5. The highest BCUT2D eigenvalue weighted by Crippen LogP contribution is 2.03. The molecule has 2 rings (SSSR count). The van der Waals surface area contributed by atoms with E-state index in [1.165, 1.54) is 16.7 Å². The Morgan fingerprint density at radius 1 is 1.09 bits per heavy atom. The maximum atomic E-state index is 4.24. The second kappa shape index (κ2) is 9.50. The summed E-state index contributed by atoms with van der Waals surface area (Å²) < 4.78 is 2.05. The van der Waals surface area contributed by atoms with Gasteiger partial charge in [-0.15, -0.1) is 24.0 Å². The quantitative estimate of drug-likeness (QED) is 0.451. The monoisotopic (exact) mass is 412 g/mol. The van der Waals surface area contributed by atoms with Crippen LogP contribution < -0.4 is 10.6 Å². The SMILES string of the molecule is CN=C(NCCc1ccc(C)cc1)NCc1ccn(C)c1.I. The standard InChI is InChI=1S/C17H24N4.HI/c1-14-4-6-15(7-5-14)8-10-19-17(18-2)20-12-16-9-11-21(3)13-16;/h4-7,9,11,13H,8,10,12H2,1-3H3,(H2,18,19,20);1H. The number of hydrogen-bond donors (Lipinski definition) is 2. The Hall–Kier alpha value is -1.50. The fourth-order valence-corrected chi connectivity index (χ4v) is 2.15. The number of aryl methyl sites for hydroxylation is 2. The van der Waals surface area contributed by atoms with Gasteiger partial charge in [0.1, 0.15) is 0 Å². The lowest BCUT2D eigenvalue weighted by Crippen LogP contribution is -2.37. The predicted octanol–water partition coefficient (Wildman–Crippen LogP) is 2.86. The zero-order valence-corrected chi connectivity index (χ0v) is 15.8. The van der Waals surface area contributed by atoms with E-state index in [2.05, 4.69) is 59.1 Å². The molecule has 0 bridgehead atoms. The summed E-state index contributed by atoms with van der Waals surface area (Å²) in [5.41, 5.74) is 3.89. The van der Waals surface area contributed by atoms with Crippen LogP contribution in [0.3, 0.4) is 0 Å². The first kappa shape index (κ1) is 18.5. The van der Waals surface area contributed by atoms with Gasteiger partial charge in [0.05, 0.1) is 0 Å². The van der Waals surface area contributed by atoms with Gasteiger partial charge in [-0.25, -0.2) is 0 Å². The van der Waals surface area contributed by atoms with Gasteiger partial charge in [0, 0.05) is 39.6 Å². The molecule has 0 aliphatic carbocycles. The van der Waals surface area contributed by atoms with Crippen LogP contribution in [0.4, 0.5) is 0 Å². The summed E-state index contributed by atoms with van der Waals surface area (Å²) in [6, 6.07) is 10.8. The highest BCUT2D eigenvalue weighted by Gasteiger charge is 1.99. The molecule has 5 heteroatoms. The molecule has 0 aliphatic heterocycles. The lowest BCUT2D eigenvalue weighted by atomic mass is 10.1. The lowest BCUT2D eigenvalue weighted by molar-refractivity contribution is 0.792. The van der Waals surface area contributed by atoms with Gasteiger partial charge in [0.15, 0.2) is 5.96 Å². The van der Waals surface area contributed by atoms with Crippen LogP contribution in [0.1, 0.15) is 16.7 Å². The molecule has 0 amide bonds. The number of rotatable bonds is 5. The summed E-state index contributed by atoms with van der Waals surface area (Å²) in [6.07, 6.45) is 5.14. The minimum atomic E-state index is 0. The zero-order chi connectivity index (χ0) is 15.1. The third-order valence-corrected chi connectivity index (χ3v) is 3.40. The third-order valence-electron chi connectivity index (χ3n) is 3.40.